The van der Waals surface area contributed by atoms with Crippen molar-refractivity contribution in [3.63, 3.8) is 0 Å². The molecule has 0 fully saturated rings. The summed E-state index contributed by atoms with van der Waals surface area (Å²) >= 11 is 0. The molecule has 1 N–H and O–H groups in total. The average molecular weight is 215 g/mol. The lowest BCUT2D eigenvalue weighted by Gasteiger charge is -2.13. The smallest absolute Gasteiger partial charge is 0.227 e. The number of methoxy groups -OCH3 is 2. The number of rotatable bonds is 7. The monoisotopic (exact) mass is 215 g/mol. The van der Waals surface area contributed by atoms with Gasteiger partial charge in [0.1, 0.15) is 0 Å². The third-order valence-corrected chi connectivity index (χ3v) is 1.92. The molecule has 0 aromatic carbocycles. The molecule has 0 unspecified atom stereocenters. The van der Waals surface area contributed by atoms with Crippen LogP contribution in [0.25, 0.3) is 0 Å². The molecule has 0 saturated carbocycles. The Hall–Kier alpha value is -0.980. The molecule has 15 heavy (non-hydrogen) atoms. The van der Waals surface area contributed by atoms with Gasteiger partial charge in [-0.05, 0) is 6.92 Å². The molecule has 0 spiro atoms. The quantitative estimate of drug-likeness (QED) is 0.515. The second-order valence-corrected chi connectivity index (χ2v) is 3.09. The largest absolute Gasteiger partial charge is 0.355 e. The van der Waals surface area contributed by atoms with Gasteiger partial charge in [0.25, 0.3) is 0 Å². The van der Waals surface area contributed by atoms with Gasteiger partial charge in [-0.3, -0.25) is 0 Å². The van der Waals surface area contributed by atoms with E-state index in [1.807, 2.05) is 0 Å². The summed E-state index contributed by atoms with van der Waals surface area (Å²) in [6.07, 6.45) is 0.496. The van der Waals surface area contributed by atoms with E-state index >= 15 is 0 Å². The van der Waals surface area contributed by atoms with Crippen molar-refractivity contribution in [1.82, 2.24) is 15.5 Å². The van der Waals surface area contributed by atoms with Gasteiger partial charge in [-0.2, -0.15) is 4.98 Å². The molecule has 1 aromatic rings. The number of hydrogen-bond acceptors (Lipinski definition) is 6. The van der Waals surface area contributed by atoms with Gasteiger partial charge >= 0.3 is 0 Å². The van der Waals surface area contributed by atoms with Gasteiger partial charge in [-0.25, -0.2) is 0 Å². The van der Waals surface area contributed by atoms with Gasteiger partial charge < -0.3 is 19.3 Å². The maximum atomic E-state index is 5.02. The van der Waals surface area contributed by atoms with Crippen molar-refractivity contribution in [2.75, 3.05) is 27.3 Å². The van der Waals surface area contributed by atoms with Crippen LogP contribution in [0.3, 0.4) is 0 Å². The fraction of sp³-hybridized carbons (Fsp3) is 0.778. The third kappa shape index (κ3) is 4.37. The number of hydrogen-bond donors (Lipinski definition) is 1. The maximum absolute atomic E-state index is 5.02. The minimum Gasteiger partial charge on any atom is -0.355 e. The van der Waals surface area contributed by atoms with Crippen molar-refractivity contribution in [1.29, 1.82) is 0 Å². The van der Waals surface area contributed by atoms with Crippen LogP contribution in [0, 0.1) is 6.92 Å². The van der Waals surface area contributed by atoms with Crippen LogP contribution in [0.4, 0.5) is 0 Å². The van der Waals surface area contributed by atoms with E-state index < -0.39 is 0 Å². The Morgan fingerprint density at radius 2 is 2.13 bits per heavy atom. The lowest BCUT2D eigenvalue weighted by atomic mass is 10.4. The molecule has 86 valence electrons. The zero-order valence-electron chi connectivity index (χ0n) is 9.32. The summed E-state index contributed by atoms with van der Waals surface area (Å²) in [5.74, 6) is 1.31. The molecule has 0 amide bonds. The summed E-state index contributed by atoms with van der Waals surface area (Å²) in [4.78, 5) is 4.09. The van der Waals surface area contributed by atoms with Crippen molar-refractivity contribution >= 4 is 0 Å². The summed E-state index contributed by atoms with van der Waals surface area (Å²) in [5, 5.41) is 6.87. The molecule has 6 nitrogen and oxygen atoms in total. The van der Waals surface area contributed by atoms with E-state index in [-0.39, 0.29) is 6.29 Å². The average Bonchev–Trinajstić information content (AvgIpc) is 2.65. The molecule has 1 heterocycles. The van der Waals surface area contributed by atoms with Crippen LogP contribution >= 0.6 is 0 Å². The highest BCUT2D eigenvalue weighted by molar-refractivity contribution is 4.83. The summed E-state index contributed by atoms with van der Waals surface area (Å²) in [5.41, 5.74) is 0. The molecule has 0 radical (unpaired) electrons. The predicted octanol–water partition coefficient (Wildman–Crippen LogP) is 0.129. The van der Waals surface area contributed by atoms with Crippen LogP contribution in [0.1, 0.15) is 11.7 Å². The van der Waals surface area contributed by atoms with E-state index in [0.717, 1.165) is 6.54 Å². The molecular weight excluding hydrogens is 198 g/mol. The molecule has 0 aliphatic carbocycles. The van der Waals surface area contributed by atoms with Crippen molar-refractivity contribution in [2.24, 2.45) is 0 Å². The van der Waals surface area contributed by atoms with Crippen LogP contribution in [0.5, 0.6) is 0 Å². The van der Waals surface area contributed by atoms with Crippen LogP contribution in [-0.2, 0) is 15.9 Å². The Balaban J connectivity index is 2.11. The highest BCUT2D eigenvalue weighted by Crippen LogP contribution is 1.95. The summed E-state index contributed by atoms with van der Waals surface area (Å²) in [7, 11) is 3.22. The van der Waals surface area contributed by atoms with E-state index in [1.165, 1.54) is 0 Å². The normalized spacial score (nSPS) is 11.2. The summed E-state index contributed by atoms with van der Waals surface area (Å²) < 4.78 is 15.0. The van der Waals surface area contributed by atoms with Crippen molar-refractivity contribution in [3.8, 4) is 0 Å². The van der Waals surface area contributed by atoms with Crippen LogP contribution in [0.2, 0.25) is 0 Å². The number of nitrogens with one attached hydrogen (secondary N) is 1. The fourth-order valence-corrected chi connectivity index (χ4v) is 1.12. The van der Waals surface area contributed by atoms with Gasteiger partial charge in [0.15, 0.2) is 12.1 Å². The van der Waals surface area contributed by atoms with E-state index in [1.54, 1.807) is 21.1 Å². The first kappa shape index (κ1) is 12.1. The van der Waals surface area contributed by atoms with Crippen molar-refractivity contribution in [3.05, 3.63) is 11.7 Å². The Kier molecular flexibility index (Phi) is 5.23. The maximum Gasteiger partial charge on any atom is 0.227 e. The molecule has 0 saturated heterocycles. The van der Waals surface area contributed by atoms with Gasteiger partial charge in [-0.15, -0.1) is 0 Å². The highest BCUT2D eigenvalue weighted by Gasteiger charge is 2.05. The lowest BCUT2D eigenvalue weighted by molar-refractivity contribution is -0.0986. The molecule has 0 bridgehead atoms. The number of ether oxygens (including phenoxy) is 2. The first-order chi connectivity index (χ1) is 7.26. The Morgan fingerprint density at radius 1 is 1.40 bits per heavy atom. The van der Waals surface area contributed by atoms with Crippen LogP contribution in [-0.4, -0.2) is 43.7 Å². The zero-order chi connectivity index (χ0) is 11.1. The highest BCUT2D eigenvalue weighted by atomic mass is 16.7. The van der Waals surface area contributed by atoms with Gasteiger partial charge in [0, 0.05) is 33.7 Å². The number of aromatic nitrogens is 2. The first-order valence-corrected chi connectivity index (χ1v) is 4.81. The van der Waals surface area contributed by atoms with E-state index in [2.05, 4.69) is 15.5 Å². The molecule has 0 aliphatic heterocycles. The SMILES string of the molecule is COC(CNCCc1nc(C)no1)OC. The predicted molar refractivity (Wildman–Crippen MR) is 53.4 cm³/mol. The molecular formula is C9H17N3O3. The molecule has 0 aliphatic rings. The number of aryl methyl sites for hydroxylation is 1. The van der Waals surface area contributed by atoms with Crippen molar-refractivity contribution < 1.29 is 14.0 Å². The van der Waals surface area contributed by atoms with E-state index in [9.17, 15) is 0 Å². The lowest BCUT2D eigenvalue weighted by Crippen LogP contribution is -2.31. The minimum atomic E-state index is -0.213. The number of nitrogens with zero attached hydrogens (tertiary/aromatic N) is 2. The summed E-state index contributed by atoms with van der Waals surface area (Å²) in [6, 6.07) is 0. The topological polar surface area (TPSA) is 69.4 Å². The van der Waals surface area contributed by atoms with Gasteiger partial charge in [-0.1, -0.05) is 5.16 Å². The van der Waals surface area contributed by atoms with E-state index in [0.29, 0.717) is 24.7 Å². The van der Waals surface area contributed by atoms with Gasteiger partial charge in [0.05, 0.1) is 0 Å². The Bertz CT molecular complexity index is 273. The fourth-order valence-electron chi connectivity index (χ4n) is 1.12. The molecule has 0 atom stereocenters. The standard InChI is InChI=1S/C9H17N3O3/c1-7-11-8(15-12-7)4-5-10-6-9(13-2)14-3/h9-10H,4-6H2,1-3H3. The zero-order valence-corrected chi connectivity index (χ0v) is 9.32. The van der Waals surface area contributed by atoms with Crippen LogP contribution in [0.15, 0.2) is 4.52 Å². The Labute approximate surface area is 88.9 Å². The second-order valence-electron chi connectivity index (χ2n) is 3.09. The Morgan fingerprint density at radius 3 is 2.67 bits per heavy atom. The molecule has 1 aromatic heterocycles. The first-order valence-electron chi connectivity index (χ1n) is 4.81. The second kappa shape index (κ2) is 6.49. The minimum absolute atomic E-state index is 0.213. The molecule has 1 rings (SSSR count). The van der Waals surface area contributed by atoms with E-state index in [4.69, 9.17) is 14.0 Å². The van der Waals surface area contributed by atoms with Crippen LogP contribution < -0.4 is 5.32 Å². The summed E-state index contributed by atoms with van der Waals surface area (Å²) in [6.45, 7) is 3.19. The van der Waals surface area contributed by atoms with Gasteiger partial charge in [0.2, 0.25) is 5.89 Å². The molecule has 6 heteroatoms. The third-order valence-electron chi connectivity index (χ3n) is 1.92. The van der Waals surface area contributed by atoms with Crippen molar-refractivity contribution in [2.45, 2.75) is 19.6 Å².